The van der Waals surface area contributed by atoms with Crippen LogP contribution in [-0.4, -0.2) is 34.2 Å². The van der Waals surface area contributed by atoms with Crippen LogP contribution in [0.5, 0.6) is 0 Å². The van der Waals surface area contributed by atoms with Gasteiger partial charge in [0.25, 0.3) is 0 Å². The number of aliphatic imine (C=N–C) groups is 1. The molecule has 1 unspecified atom stereocenters. The van der Waals surface area contributed by atoms with Gasteiger partial charge in [-0.05, 0) is 32.6 Å². The normalized spacial score (nSPS) is 12.9. The molecule has 0 bridgehead atoms. The lowest BCUT2D eigenvalue weighted by Gasteiger charge is -2.19. The minimum absolute atomic E-state index is 0.134. The minimum atomic E-state index is -1.47. The fourth-order valence-corrected chi connectivity index (χ4v) is 2.91. The van der Waals surface area contributed by atoms with Crippen LogP contribution in [0.1, 0.15) is 40.5 Å². The number of hydrogen-bond acceptors (Lipinski definition) is 4. The maximum atomic E-state index is 10.4. The van der Waals surface area contributed by atoms with Crippen molar-refractivity contribution in [2.75, 3.05) is 13.2 Å². The molecule has 0 amide bonds. The lowest BCUT2D eigenvalue weighted by Crippen LogP contribution is -2.36. The molecule has 0 heterocycles. The Balaban J connectivity index is 4.36. The smallest absolute Gasteiger partial charge is 0.392 e. The highest BCUT2D eigenvalue weighted by molar-refractivity contribution is 6.46. The van der Waals surface area contributed by atoms with Gasteiger partial charge in [-0.3, -0.25) is 0 Å². The van der Waals surface area contributed by atoms with E-state index in [0.29, 0.717) is 19.1 Å². The van der Waals surface area contributed by atoms with Gasteiger partial charge in [-0.2, -0.15) is 0 Å². The number of hydrogen-bond donors (Lipinski definition) is 0. The summed E-state index contributed by atoms with van der Waals surface area (Å²) in [5.41, 5.74) is -0.134. The van der Waals surface area contributed by atoms with Crippen LogP contribution in [0, 0.1) is 5.92 Å². The second kappa shape index (κ2) is 9.72. The Morgan fingerprint density at radius 3 is 2.12 bits per heavy atom. The molecular weight excluding hydrogens is 222 g/mol. The average Bonchev–Trinajstić information content (AvgIpc) is 2.24. The van der Waals surface area contributed by atoms with E-state index in [4.69, 9.17) is 8.85 Å². The lowest BCUT2D eigenvalue weighted by molar-refractivity contribution is 0.202. The molecular formula is C11H22NO3Si. The predicted molar refractivity (Wildman–Crippen MR) is 65.0 cm³/mol. The van der Waals surface area contributed by atoms with E-state index in [1.54, 1.807) is 6.08 Å². The summed E-state index contributed by atoms with van der Waals surface area (Å²) >= 11 is 0. The van der Waals surface area contributed by atoms with E-state index in [-0.39, 0.29) is 5.67 Å². The van der Waals surface area contributed by atoms with Crippen LogP contribution in [0.25, 0.3) is 0 Å². The van der Waals surface area contributed by atoms with Gasteiger partial charge in [0.15, 0.2) is 0 Å². The molecule has 0 aliphatic heterocycles. The Morgan fingerprint density at radius 2 is 1.75 bits per heavy atom. The molecule has 0 aromatic carbocycles. The highest BCUT2D eigenvalue weighted by atomic mass is 28.3. The third-order valence-electron chi connectivity index (χ3n) is 2.07. The van der Waals surface area contributed by atoms with Gasteiger partial charge >= 0.3 is 9.28 Å². The molecule has 1 atom stereocenters. The second-order valence-corrected chi connectivity index (χ2v) is 5.77. The first-order chi connectivity index (χ1) is 7.65. The fraction of sp³-hybridized carbons (Fsp3) is 0.909. The van der Waals surface area contributed by atoms with Crippen molar-refractivity contribution in [2.45, 2.75) is 46.2 Å². The van der Waals surface area contributed by atoms with Crippen molar-refractivity contribution >= 4 is 15.4 Å². The highest BCUT2D eigenvalue weighted by Crippen LogP contribution is 2.13. The van der Waals surface area contributed by atoms with Crippen molar-refractivity contribution in [3.63, 3.8) is 0 Å². The van der Waals surface area contributed by atoms with E-state index in [9.17, 15) is 4.79 Å². The summed E-state index contributed by atoms with van der Waals surface area (Å²) in [6.07, 6.45) is 3.48. The van der Waals surface area contributed by atoms with Crippen LogP contribution < -0.4 is 0 Å². The topological polar surface area (TPSA) is 47.9 Å². The predicted octanol–water partition coefficient (Wildman–Crippen LogP) is 2.23. The molecule has 0 saturated carbocycles. The Labute approximate surface area is 99.9 Å². The van der Waals surface area contributed by atoms with Gasteiger partial charge in [0.2, 0.25) is 6.08 Å². The van der Waals surface area contributed by atoms with E-state index in [0.717, 1.165) is 12.8 Å². The van der Waals surface area contributed by atoms with E-state index >= 15 is 0 Å². The summed E-state index contributed by atoms with van der Waals surface area (Å²) in [4.78, 5) is 14.2. The first-order valence-electron chi connectivity index (χ1n) is 5.85. The minimum Gasteiger partial charge on any atom is -0.392 e. The summed E-state index contributed by atoms with van der Waals surface area (Å²) in [6, 6.07) is 0. The molecule has 0 saturated heterocycles. The molecule has 0 spiro atoms. The molecule has 5 heteroatoms. The van der Waals surface area contributed by atoms with Crippen LogP contribution in [0.4, 0.5) is 0 Å². The summed E-state index contributed by atoms with van der Waals surface area (Å²) < 4.78 is 11.1. The SMILES string of the molecule is CCO[Si](OCC)C(CCC(C)C)N=C=O. The maximum Gasteiger partial charge on any atom is 0.412 e. The average molecular weight is 244 g/mol. The van der Waals surface area contributed by atoms with Crippen molar-refractivity contribution < 1.29 is 13.6 Å². The summed E-state index contributed by atoms with van der Waals surface area (Å²) in [7, 11) is -1.47. The quantitative estimate of drug-likeness (QED) is 0.355. The molecule has 0 aromatic heterocycles. The molecule has 16 heavy (non-hydrogen) atoms. The van der Waals surface area contributed by atoms with Crippen LogP contribution >= 0.6 is 0 Å². The number of nitrogens with zero attached hydrogens (tertiary/aromatic N) is 1. The Kier molecular flexibility index (Phi) is 9.43. The summed E-state index contributed by atoms with van der Waals surface area (Å²) in [5.74, 6) is 0.593. The van der Waals surface area contributed by atoms with E-state index < -0.39 is 9.28 Å². The molecule has 1 radical (unpaired) electrons. The van der Waals surface area contributed by atoms with E-state index in [1.807, 2.05) is 13.8 Å². The monoisotopic (exact) mass is 244 g/mol. The largest absolute Gasteiger partial charge is 0.412 e. The van der Waals surface area contributed by atoms with Gasteiger partial charge in [-0.15, -0.1) is 0 Å². The molecule has 0 aliphatic carbocycles. The molecule has 0 rings (SSSR count). The maximum absolute atomic E-state index is 10.4. The second-order valence-electron chi connectivity index (χ2n) is 3.89. The zero-order valence-electron chi connectivity index (χ0n) is 10.7. The van der Waals surface area contributed by atoms with Gasteiger partial charge in [0.1, 0.15) is 5.67 Å². The van der Waals surface area contributed by atoms with Crippen molar-refractivity contribution in [3.05, 3.63) is 0 Å². The van der Waals surface area contributed by atoms with Crippen molar-refractivity contribution in [1.29, 1.82) is 0 Å². The van der Waals surface area contributed by atoms with Crippen molar-refractivity contribution in [2.24, 2.45) is 10.9 Å². The van der Waals surface area contributed by atoms with Crippen LogP contribution in [0.15, 0.2) is 4.99 Å². The molecule has 0 fully saturated rings. The van der Waals surface area contributed by atoms with Gasteiger partial charge in [0.05, 0.1) is 0 Å². The number of isocyanates is 1. The molecule has 0 aliphatic rings. The zero-order valence-corrected chi connectivity index (χ0v) is 11.7. The first-order valence-corrected chi connectivity index (χ1v) is 7.24. The van der Waals surface area contributed by atoms with Crippen LogP contribution in [0.2, 0.25) is 0 Å². The summed E-state index contributed by atoms with van der Waals surface area (Å²) in [5, 5.41) is 0. The molecule has 93 valence electrons. The Hall–Kier alpha value is -0.483. The van der Waals surface area contributed by atoms with Gasteiger partial charge in [-0.25, -0.2) is 9.79 Å². The van der Waals surface area contributed by atoms with Gasteiger partial charge in [0, 0.05) is 13.2 Å². The van der Waals surface area contributed by atoms with E-state index in [1.165, 1.54) is 0 Å². The van der Waals surface area contributed by atoms with Crippen molar-refractivity contribution in [3.8, 4) is 0 Å². The number of rotatable bonds is 9. The fourth-order valence-electron chi connectivity index (χ4n) is 1.31. The van der Waals surface area contributed by atoms with E-state index in [2.05, 4.69) is 18.8 Å². The Morgan fingerprint density at radius 1 is 1.19 bits per heavy atom. The molecule has 0 N–H and O–H groups in total. The highest BCUT2D eigenvalue weighted by Gasteiger charge is 2.27. The van der Waals surface area contributed by atoms with Gasteiger partial charge in [-0.1, -0.05) is 13.8 Å². The van der Waals surface area contributed by atoms with Crippen LogP contribution in [-0.2, 0) is 13.6 Å². The third-order valence-corrected chi connectivity index (χ3v) is 4.18. The van der Waals surface area contributed by atoms with Gasteiger partial charge < -0.3 is 8.85 Å². The van der Waals surface area contributed by atoms with Crippen molar-refractivity contribution in [1.82, 2.24) is 0 Å². The Bertz CT molecular complexity index is 211. The summed E-state index contributed by atoms with van der Waals surface area (Å²) in [6.45, 7) is 9.34. The third kappa shape index (κ3) is 6.90. The molecule has 0 aromatic rings. The zero-order chi connectivity index (χ0) is 12.4. The lowest BCUT2D eigenvalue weighted by atomic mass is 10.1. The molecule has 4 nitrogen and oxygen atoms in total. The first kappa shape index (κ1) is 15.5. The number of carbonyl (C=O) groups excluding carboxylic acids is 1. The standard InChI is InChI=1S/C11H22NO3Si/c1-5-14-16(15-6-2)11(12-9-13)8-7-10(3)4/h10-11H,5-8H2,1-4H3. The van der Waals surface area contributed by atoms with Crippen LogP contribution in [0.3, 0.4) is 0 Å².